The summed E-state index contributed by atoms with van der Waals surface area (Å²) in [5, 5.41) is 3.39. The molecule has 1 rings (SSSR count). The van der Waals surface area contributed by atoms with Crippen LogP contribution in [0, 0.1) is 0 Å². The zero-order valence-electron chi connectivity index (χ0n) is 12.3. The number of anilines is 3. The number of unbranched alkanes of at least 4 members (excludes halogenated alkanes) is 7. The first-order valence-electron chi connectivity index (χ1n) is 7.63. The molecule has 0 saturated carbocycles. The molecule has 0 aliphatic rings. The van der Waals surface area contributed by atoms with Crippen LogP contribution in [0.25, 0.3) is 0 Å². The molecule has 0 aliphatic carbocycles. The number of hydrogen-bond acceptors (Lipinski definition) is 3. The highest BCUT2D eigenvalue weighted by Crippen LogP contribution is 2.19. The fourth-order valence-corrected chi connectivity index (χ4v) is 2.18. The van der Waals surface area contributed by atoms with Crippen molar-refractivity contribution in [3.8, 4) is 0 Å². The molecule has 108 valence electrons. The fraction of sp³-hybridized carbons (Fsp3) is 0.625. The largest absolute Gasteiger partial charge is 0.397 e. The van der Waals surface area contributed by atoms with Crippen molar-refractivity contribution in [3.63, 3.8) is 0 Å². The summed E-state index contributed by atoms with van der Waals surface area (Å²) in [6.45, 7) is 3.27. The van der Waals surface area contributed by atoms with Crippen LogP contribution >= 0.6 is 0 Å². The Morgan fingerprint density at radius 3 is 2.11 bits per heavy atom. The molecule has 0 aromatic heterocycles. The van der Waals surface area contributed by atoms with E-state index < -0.39 is 0 Å². The van der Waals surface area contributed by atoms with Gasteiger partial charge in [0.25, 0.3) is 0 Å². The Labute approximate surface area is 117 Å². The third kappa shape index (κ3) is 6.94. The molecule has 1 aromatic carbocycles. The molecule has 1 aromatic rings. The summed E-state index contributed by atoms with van der Waals surface area (Å²) in [5.74, 6) is 0. The average molecular weight is 263 g/mol. The first kappa shape index (κ1) is 15.7. The Balaban J connectivity index is 2.00. The predicted octanol–water partition coefficient (Wildman–Crippen LogP) is 4.40. The Hall–Kier alpha value is -1.38. The van der Waals surface area contributed by atoms with E-state index in [4.69, 9.17) is 11.5 Å². The highest BCUT2D eigenvalue weighted by molar-refractivity contribution is 5.69. The van der Waals surface area contributed by atoms with Crippen LogP contribution in [0.3, 0.4) is 0 Å². The Morgan fingerprint density at radius 2 is 1.47 bits per heavy atom. The smallest absolute Gasteiger partial charge is 0.0568 e. The highest BCUT2D eigenvalue weighted by Gasteiger charge is 1.97. The molecule has 0 heterocycles. The van der Waals surface area contributed by atoms with Crippen molar-refractivity contribution in [2.45, 2.75) is 58.3 Å². The van der Waals surface area contributed by atoms with Gasteiger partial charge in [-0.05, 0) is 24.6 Å². The molecule has 0 atom stereocenters. The summed E-state index contributed by atoms with van der Waals surface area (Å²) < 4.78 is 0. The second-order valence-electron chi connectivity index (χ2n) is 5.25. The maximum atomic E-state index is 5.77. The fourth-order valence-electron chi connectivity index (χ4n) is 2.18. The van der Waals surface area contributed by atoms with E-state index in [0.29, 0.717) is 11.4 Å². The van der Waals surface area contributed by atoms with Crippen LogP contribution in [-0.2, 0) is 0 Å². The monoisotopic (exact) mass is 263 g/mol. The van der Waals surface area contributed by atoms with Crippen LogP contribution in [0.15, 0.2) is 18.2 Å². The minimum absolute atomic E-state index is 0.651. The van der Waals surface area contributed by atoms with E-state index in [2.05, 4.69) is 12.2 Å². The van der Waals surface area contributed by atoms with Crippen molar-refractivity contribution in [1.29, 1.82) is 0 Å². The first-order chi connectivity index (χ1) is 9.24. The van der Waals surface area contributed by atoms with Crippen LogP contribution in [0.2, 0.25) is 0 Å². The summed E-state index contributed by atoms with van der Waals surface area (Å²) in [4.78, 5) is 0. The first-order valence-corrected chi connectivity index (χ1v) is 7.63. The lowest BCUT2D eigenvalue weighted by Gasteiger charge is -2.08. The molecule has 0 bridgehead atoms. The van der Waals surface area contributed by atoms with E-state index in [1.165, 1.54) is 51.4 Å². The highest BCUT2D eigenvalue weighted by atomic mass is 14.9. The van der Waals surface area contributed by atoms with E-state index in [1.54, 1.807) is 0 Å². The summed E-state index contributed by atoms with van der Waals surface area (Å²) in [7, 11) is 0. The summed E-state index contributed by atoms with van der Waals surface area (Å²) in [5.41, 5.74) is 13.8. The maximum absolute atomic E-state index is 5.77. The van der Waals surface area contributed by atoms with Gasteiger partial charge in [-0.25, -0.2) is 0 Å². The second-order valence-corrected chi connectivity index (χ2v) is 5.25. The second kappa shape index (κ2) is 9.54. The predicted molar refractivity (Wildman–Crippen MR) is 86.4 cm³/mol. The van der Waals surface area contributed by atoms with Crippen LogP contribution in [0.4, 0.5) is 17.1 Å². The maximum Gasteiger partial charge on any atom is 0.0568 e. The lowest BCUT2D eigenvalue weighted by Crippen LogP contribution is -2.03. The molecule has 0 unspecified atom stereocenters. The van der Waals surface area contributed by atoms with Gasteiger partial charge >= 0.3 is 0 Å². The molecule has 0 amide bonds. The van der Waals surface area contributed by atoms with Gasteiger partial charge in [-0.1, -0.05) is 51.9 Å². The number of hydrogen-bond donors (Lipinski definition) is 3. The van der Waals surface area contributed by atoms with Gasteiger partial charge in [-0.15, -0.1) is 0 Å². The van der Waals surface area contributed by atoms with E-state index in [0.717, 1.165) is 12.2 Å². The SMILES string of the molecule is CCCCCCCCCCNc1ccc(N)c(N)c1. The topological polar surface area (TPSA) is 64.1 Å². The van der Waals surface area contributed by atoms with E-state index in [9.17, 15) is 0 Å². The molecule has 3 nitrogen and oxygen atoms in total. The Kier molecular flexibility index (Phi) is 7.87. The van der Waals surface area contributed by atoms with Gasteiger partial charge in [0.05, 0.1) is 11.4 Å². The standard InChI is InChI=1S/C16H29N3/c1-2-3-4-5-6-7-8-9-12-19-14-10-11-15(17)16(18)13-14/h10-11,13,19H,2-9,12,17-18H2,1H3. The average Bonchev–Trinajstić information content (AvgIpc) is 2.41. The van der Waals surface area contributed by atoms with Crippen LogP contribution < -0.4 is 16.8 Å². The molecule has 0 radical (unpaired) electrons. The van der Waals surface area contributed by atoms with Crippen LogP contribution in [0.1, 0.15) is 58.3 Å². The molecular formula is C16H29N3. The Morgan fingerprint density at radius 1 is 0.842 bits per heavy atom. The molecule has 0 saturated heterocycles. The lowest BCUT2D eigenvalue weighted by molar-refractivity contribution is 0.581. The van der Waals surface area contributed by atoms with Gasteiger partial charge in [0, 0.05) is 12.2 Å². The summed E-state index contributed by atoms with van der Waals surface area (Å²) >= 11 is 0. The summed E-state index contributed by atoms with van der Waals surface area (Å²) in [6.07, 6.45) is 10.8. The molecule has 5 N–H and O–H groups in total. The van der Waals surface area contributed by atoms with Crippen molar-refractivity contribution in [2.24, 2.45) is 0 Å². The number of rotatable bonds is 10. The molecule has 19 heavy (non-hydrogen) atoms. The van der Waals surface area contributed by atoms with E-state index in [-0.39, 0.29) is 0 Å². The molecule has 0 fully saturated rings. The Bertz CT molecular complexity index is 350. The van der Waals surface area contributed by atoms with E-state index in [1.807, 2.05) is 18.2 Å². The van der Waals surface area contributed by atoms with Crippen molar-refractivity contribution < 1.29 is 0 Å². The van der Waals surface area contributed by atoms with E-state index >= 15 is 0 Å². The van der Waals surface area contributed by atoms with Gasteiger partial charge in [0.15, 0.2) is 0 Å². The van der Waals surface area contributed by atoms with Crippen molar-refractivity contribution in [3.05, 3.63) is 18.2 Å². The third-order valence-corrected chi connectivity index (χ3v) is 3.45. The number of nitrogen functional groups attached to an aromatic ring is 2. The minimum Gasteiger partial charge on any atom is -0.397 e. The van der Waals surface area contributed by atoms with Gasteiger partial charge in [-0.3, -0.25) is 0 Å². The van der Waals surface area contributed by atoms with Gasteiger partial charge in [-0.2, -0.15) is 0 Å². The summed E-state index contributed by atoms with van der Waals surface area (Å²) in [6, 6.07) is 5.74. The molecule has 0 spiro atoms. The normalized spacial score (nSPS) is 10.6. The number of benzene rings is 1. The zero-order valence-corrected chi connectivity index (χ0v) is 12.3. The molecule has 3 heteroatoms. The minimum atomic E-state index is 0.651. The number of nitrogens with two attached hydrogens (primary N) is 2. The third-order valence-electron chi connectivity index (χ3n) is 3.45. The molecule has 0 aliphatic heterocycles. The molecular weight excluding hydrogens is 234 g/mol. The van der Waals surface area contributed by atoms with Crippen LogP contribution in [0.5, 0.6) is 0 Å². The van der Waals surface area contributed by atoms with Crippen molar-refractivity contribution >= 4 is 17.1 Å². The van der Waals surface area contributed by atoms with Gasteiger partial charge in [0.2, 0.25) is 0 Å². The number of nitrogens with one attached hydrogen (secondary N) is 1. The quantitative estimate of drug-likeness (QED) is 0.433. The van der Waals surface area contributed by atoms with Gasteiger partial charge < -0.3 is 16.8 Å². The van der Waals surface area contributed by atoms with Crippen molar-refractivity contribution in [1.82, 2.24) is 0 Å². The lowest BCUT2D eigenvalue weighted by atomic mass is 10.1. The zero-order chi connectivity index (χ0) is 13.9. The van der Waals surface area contributed by atoms with Crippen LogP contribution in [-0.4, -0.2) is 6.54 Å². The van der Waals surface area contributed by atoms with Gasteiger partial charge in [0.1, 0.15) is 0 Å². The van der Waals surface area contributed by atoms with Crippen molar-refractivity contribution in [2.75, 3.05) is 23.3 Å².